The SMILES string of the molecule is CC(C)=C(C=CC=CC=Cc1ccc(C)cc1)c1c(C)c(C)c(C)c(C)c1C. The third kappa shape index (κ3) is 5.01. The van der Waals surface area contributed by atoms with Gasteiger partial charge >= 0.3 is 0 Å². The van der Waals surface area contributed by atoms with E-state index in [1.54, 1.807) is 0 Å². The Balaban J connectivity index is 2.25. The molecule has 0 nitrogen and oxygen atoms in total. The van der Waals surface area contributed by atoms with Crippen molar-refractivity contribution in [2.45, 2.75) is 55.4 Å². The quantitative estimate of drug-likeness (QED) is 0.466. The minimum Gasteiger partial charge on any atom is -0.0686 e. The van der Waals surface area contributed by atoms with Gasteiger partial charge in [0.05, 0.1) is 0 Å². The number of hydrogen-bond donors (Lipinski definition) is 0. The average molecular weight is 371 g/mol. The van der Waals surface area contributed by atoms with Gasteiger partial charge in [-0.3, -0.25) is 0 Å². The molecular weight excluding hydrogens is 336 g/mol. The van der Waals surface area contributed by atoms with Crippen molar-refractivity contribution in [2.24, 2.45) is 0 Å². The minimum atomic E-state index is 1.22. The Morgan fingerprint density at radius 2 is 1.11 bits per heavy atom. The normalized spacial score (nSPS) is 11.9. The monoisotopic (exact) mass is 370 g/mol. The molecule has 0 aliphatic heterocycles. The third-order valence-corrected chi connectivity index (χ3v) is 5.77. The van der Waals surface area contributed by atoms with Crippen LogP contribution in [0.1, 0.15) is 58.4 Å². The number of benzene rings is 2. The Hall–Kier alpha value is -2.60. The minimum absolute atomic E-state index is 1.22. The van der Waals surface area contributed by atoms with E-state index < -0.39 is 0 Å². The van der Waals surface area contributed by atoms with E-state index in [1.807, 2.05) is 0 Å². The summed E-state index contributed by atoms with van der Waals surface area (Å²) < 4.78 is 0. The summed E-state index contributed by atoms with van der Waals surface area (Å²) in [6.07, 6.45) is 12.8. The molecule has 0 heterocycles. The maximum Gasteiger partial charge on any atom is -0.0121 e. The van der Waals surface area contributed by atoms with Gasteiger partial charge in [-0.25, -0.2) is 0 Å². The van der Waals surface area contributed by atoms with E-state index in [0.717, 1.165) is 0 Å². The second-order valence-electron chi connectivity index (χ2n) is 7.93. The van der Waals surface area contributed by atoms with Gasteiger partial charge in [0.2, 0.25) is 0 Å². The van der Waals surface area contributed by atoms with E-state index in [1.165, 1.54) is 55.7 Å². The maximum atomic E-state index is 2.25. The molecule has 0 aliphatic carbocycles. The summed E-state index contributed by atoms with van der Waals surface area (Å²) in [5.41, 5.74) is 13.6. The summed E-state index contributed by atoms with van der Waals surface area (Å²) in [6, 6.07) is 8.57. The molecule has 2 aromatic carbocycles. The topological polar surface area (TPSA) is 0 Å². The molecule has 0 aliphatic rings. The summed E-state index contributed by atoms with van der Waals surface area (Å²) in [4.78, 5) is 0. The van der Waals surface area contributed by atoms with Crippen molar-refractivity contribution in [1.29, 1.82) is 0 Å². The zero-order chi connectivity index (χ0) is 20.8. The van der Waals surface area contributed by atoms with Crippen molar-refractivity contribution in [2.75, 3.05) is 0 Å². The van der Waals surface area contributed by atoms with Gasteiger partial charge in [-0.15, -0.1) is 0 Å². The zero-order valence-corrected chi connectivity index (χ0v) is 18.8. The van der Waals surface area contributed by atoms with Crippen LogP contribution in [-0.4, -0.2) is 0 Å². The number of allylic oxidation sites excluding steroid dienone is 7. The lowest BCUT2D eigenvalue weighted by molar-refractivity contribution is 1.15. The molecule has 0 atom stereocenters. The lowest BCUT2D eigenvalue weighted by Crippen LogP contribution is -2.02. The molecular formula is C28H34. The predicted molar refractivity (Wildman–Crippen MR) is 127 cm³/mol. The molecule has 0 N–H and O–H groups in total. The van der Waals surface area contributed by atoms with Gasteiger partial charge < -0.3 is 0 Å². The van der Waals surface area contributed by atoms with E-state index in [9.17, 15) is 0 Å². The first kappa shape index (κ1) is 21.7. The van der Waals surface area contributed by atoms with Gasteiger partial charge in [0, 0.05) is 0 Å². The van der Waals surface area contributed by atoms with Gasteiger partial charge in [0.15, 0.2) is 0 Å². The molecule has 2 rings (SSSR count). The Morgan fingerprint density at radius 3 is 1.64 bits per heavy atom. The van der Waals surface area contributed by atoms with Gasteiger partial charge in [0.25, 0.3) is 0 Å². The Morgan fingerprint density at radius 1 is 0.607 bits per heavy atom. The fourth-order valence-electron chi connectivity index (χ4n) is 3.53. The molecule has 0 fully saturated rings. The molecule has 146 valence electrons. The van der Waals surface area contributed by atoms with Crippen LogP contribution < -0.4 is 0 Å². The second kappa shape index (κ2) is 9.55. The maximum absolute atomic E-state index is 2.25. The van der Waals surface area contributed by atoms with Crippen LogP contribution in [0.25, 0.3) is 11.6 Å². The van der Waals surface area contributed by atoms with Crippen LogP contribution >= 0.6 is 0 Å². The molecule has 0 spiro atoms. The summed E-state index contributed by atoms with van der Waals surface area (Å²) in [5, 5.41) is 0. The van der Waals surface area contributed by atoms with E-state index in [4.69, 9.17) is 0 Å². The van der Waals surface area contributed by atoms with E-state index >= 15 is 0 Å². The number of hydrogen-bond acceptors (Lipinski definition) is 0. The fraction of sp³-hybridized carbons (Fsp3) is 0.286. The fourth-order valence-corrected chi connectivity index (χ4v) is 3.53. The first-order chi connectivity index (χ1) is 13.2. The summed E-state index contributed by atoms with van der Waals surface area (Å²) in [5.74, 6) is 0. The number of rotatable bonds is 5. The van der Waals surface area contributed by atoms with Crippen LogP contribution in [0.3, 0.4) is 0 Å². The van der Waals surface area contributed by atoms with Crippen molar-refractivity contribution < 1.29 is 0 Å². The molecule has 0 heteroatoms. The summed E-state index contributed by atoms with van der Waals surface area (Å²) >= 11 is 0. The van der Waals surface area contributed by atoms with Crippen LogP contribution in [-0.2, 0) is 0 Å². The van der Waals surface area contributed by atoms with E-state index in [0.29, 0.717) is 0 Å². The molecule has 0 saturated heterocycles. The highest BCUT2D eigenvalue weighted by Gasteiger charge is 2.14. The third-order valence-electron chi connectivity index (χ3n) is 5.77. The van der Waals surface area contributed by atoms with E-state index in [-0.39, 0.29) is 0 Å². The number of aryl methyl sites for hydroxylation is 1. The molecule has 0 aromatic heterocycles. The van der Waals surface area contributed by atoms with Crippen LogP contribution in [0.4, 0.5) is 0 Å². The van der Waals surface area contributed by atoms with Crippen LogP contribution in [0.5, 0.6) is 0 Å². The lowest BCUT2D eigenvalue weighted by Gasteiger charge is -2.20. The van der Waals surface area contributed by atoms with Crippen molar-refractivity contribution in [3.63, 3.8) is 0 Å². The molecule has 2 aromatic rings. The Labute approximate surface area is 172 Å². The molecule has 0 radical (unpaired) electrons. The zero-order valence-electron chi connectivity index (χ0n) is 18.8. The highest BCUT2D eigenvalue weighted by molar-refractivity contribution is 5.81. The first-order valence-corrected chi connectivity index (χ1v) is 10.1. The van der Waals surface area contributed by atoms with Crippen molar-refractivity contribution in [3.8, 4) is 0 Å². The molecule has 0 bridgehead atoms. The van der Waals surface area contributed by atoms with Gasteiger partial charge in [-0.2, -0.15) is 0 Å². The van der Waals surface area contributed by atoms with Crippen LogP contribution in [0.15, 0.2) is 60.2 Å². The Kier molecular flexibility index (Phi) is 7.40. The standard InChI is InChI=1S/C28H34/c1-19(2)27(28-24(7)22(5)21(4)23(6)25(28)8)14-12-10-9-11-13-26-17-15-20(3)16-18-26/h9-18H,1-8H3. The van der Waals surface area contributed by atoms with Gasteiger partial charge in [-0.05, 0) is 99.9 Å². The summed E-state index contributed by atoms with van der Waals surface area (Å²) in [7, 11) is 0. The van der Waals surface area contributed by atoms with Gasteiger partial charge in [0.1, 0.15) is 0 Å². The molecule has 28 heavy (non-hydrogen) atoms. The van der Waals surface area contributed by atoms with Crippen molar-refractivity contribution in [3.05, 3.63) is 105 Å². The second-order valence-corrected chi connectivity index (χ2v) is 7.93. The first-order valence-electron chi connectivity index (χ1n) is 10.1. The highest BCUT2D eigenvalue weighted by atomic mass is 14.2. The van der Waals surface area contributed by atoms with Crippen LogP contribution in [0.2, 0.25) is 0 Å². The molecule has 0 unspecified atom stereocenters. The molecule has 0 amide bonds. The lowest BCUT2D eigenvalue weighted by atomic mass is 9.84. The van der Waals surface area contributed by atoms with E-state index in [2.05, 4.69) is 116 Å². The van der Waals surface area contributed by atoms with Gasteiger partial charge in [-0.1, -0.05) is 71.9 Å². The average Bonchev–Trinajstić information content (AvgIpc) is 2.67. The Bertz CT molecular complexity index is 925. The van der Waals surface area contributed by atoms with Crippen LogP contribution in [0, 0.1) is 41.5 Å². The van der Waals surface area contributed by atoms with Crippen molar-refractivity contribution >= 4 is 11.6 Å². The largest absolute Gasteiger partial charge is 0.0686 e. The smallest absolute Gasteiger partial charge is 0.0121 e. The molecule has 0 saturated carbocycles. The highest BCUT2D eigenvalue weighted by Crippen LogP contribution is 2.33. The predicted octanol–water partition coefficient (Wildman–Crippen LogP) is 8.16. The van der Waals surface area contributed by atoms with Crippen molar-refractivity contribution in [1.82, 2.24) is 0 Å². The summed E-state index contributed by atoms with van der Waals surface area (Å²) in [6.45, 7) is 17.7.